The summed E-state index contributed by atoms with van der Waals surface area (Å²) >= 11 is 0. The molecule has 2 atom stereocenters. The summed E-state index contributed by atoms with van der Waals surface area (Å²) in [4.78, 5) is 12.0. The Kier molecular flexibility index (Phi) is 20.8. The average Bonchev–Trinajstić information content (AvgIpc) is 2.75. The van der Waals surface area contributed by atoms with Crippen LogP contribution in [0.5, 0.6) is 0 Å². The summed E-state index contributed by atoms with van der Waals surface area (Å²) in [7, 11) is 0. The molecule has 0 saturated heterocycles. The highest BCUT2D eigenvalue weighted by Gasteiger charge is 2.19. The molecule has 0 heterocycles. The number of carbonyl (C=O) groups excluding carboxylic acids is 1. The Morgan fingerprint density at radius 2 is 1.40 bits per heavy atom. The first kappa shape index (κ1) is 28.4. The van der Waals surface area contributed by atoms with E-state index in [0.29, 0.717) is 19.3 Å². The number of rotatable bonds is 19. The third-order valence-electron chi connectivity index (χ3n) is 4.87. The van der Waals surface area contributed by atoms with Gasteiger partial charge in [0.2, 0.25) is 5.91 Å². The number of hydrogen-bond donors (Lipinski definition) is 3. The first-order chi connectivity index (χ1) is 14.7. The highest BCUT2D eigenvalue weighted by Crippen LogP contribution is 2.10. The molecule has 0 aromatic rings. The Hall–Kier alpha value is -1.65. The molecule has 0 bridgehead atoms. The highest BCUT2D eigenvalue weighted by molar-refractivity contribution is 5.76. The molecule has 0 rings (SSSR count). The summed E-state index contributed by atoms with van der Waals surface area (Å²) in [5.74, 6) is -0.124. The van der Waals surface area contributed by atoms with E-state index in [1.807, 2.05) is 6.08 Å². The second kappa shape index (κ2) is 22.0. The maximum Gasteiger partial charge on any atom is 0.220 e. The molecule has 0 aromatic carbocycles. The van der Waals surface area contributed by atoms with Gasteiger partial charge in [-0.15, -0.1) is 0 Å². The van der Waals surface area contributed by atoms with Gasteiger partial charge in [0.1, 0.15) is 0 Å². The topological polar surface area (TPSA) is 69.6 Å². The van der Waals surface area contributed by atoms with Crippen LogP contribution in [-0.2, 0) is 4.79 Å². The summed E-state index contributed by atoms with van der Waals surface area (Å²) in [6.45, 7) is 4.08. The lowest BCUT2D eigenvalue weighted by molar-refractivity contribution is -0.123. The van der Waals surface area contributed by atoms with E-state index in [4.69, 9.17) is 0 Å². The van der Waals surface area contributed by atoms with E-state index in [1.54, 1.807) is 0 Å². The third-order valence-corrected chi connectivity index (χ3v) is 4.87. The minimum atomic E-state index is -0.682. The van der Waals surface area contributed by atoms with Gasteiger partial charge in [0, 0.05) is 6.42 Å². The van der Waals surface area contributed by atoms with Crippen LogP contribution in [-0.4, -0.2) is 34.9 Å². The van der Waals surface area contributed by atoms with Crippen molar-refractivity contribution in [3.63, 3.8) is 0 Å². The predicted octanol–water partition coefficient (Wildman–Crippen LogP) is 5.77. The highest BCUT2D eigenvalue weighted by atomic mass is 16.3. The van der Waals surface area contributed by atoms with E-state index in [9.17, 15) is 15.0 Å². The SMILES string of the molecule is CC/C=C\C/C=C\C/C=C\C/C=C\CCC(=O)NC(CO)C(O)CCCCCCC. The van der Waals surface area contributed by atoms with E-state index in [-0.39, 0.29) is 12.5 Å². The predicted molar refractivity (Wildman–Crippen MR) is 128 cm³/mol. The van der Waals surface area contributed by atoms with Gasteiger partial charge in [0.25, 0.3) is 0 Å². The van der Waals surface area contributed by atoms with Crippen LogP contribution in [0, 0.1) is 0 Å². The Labute approximate surface area is 184 Å². The third kappa shape index (κ3) is 18.4. The van der Waals surface area contributed by atoms with E-state index in [2.05, 4.69) is 61.7 Å². The van der Waals surface area contributed by atoms with Crippen LogP contribution in [0.3, 0.4) is 0 Å². The molecule has 2 unspecified atom stereocenters. The fraction of sp³-hybridized carbons (Fsp3) is 0.654. The van der Waals surface area contributed by atoms with Crippen molar-refractivity contribution in [3.05, 3.63) is 48.6 Å². The van der Waals surface area contributed by atoms with Crippen LogP contribution in [0.4, 0.5) is 0 Å². The van der Waals surface area contributed by atoms with Crippen LogP contribution in [0.25, 0.3) is 0 Å². The van der Waals surface area contributed by atoms with E-state index in [0.717, 1.165) is 38.5 Å². The Morgan fingerprint density at radius 1 is 0.833 bits per heavy atom. The van der Waals surface area contributed by atoms with Crippen molar-refractivity contribution in [2.75, 3.05) is 6.61 Å². The normalized spacial score (nSPS) is 14.4. The first-order valence-corrected chi connectivity index (χ1v) is 11.8. The van der Waals surface area contributed by atoms with E-state index < -0.39 is 12.1 Å². The van der Waals surface area contributed by atoms with E-state index in [1.165, 1.54) is 19.3 Å². The zero-order valence-corrected chi connectivity index (χ0v) is 19.3. The Morgan fingerprint density at radius 3 is 1.97 bits per heavy atom. The molecule has 0 aliphatic heterocycles. The quantitative estimate of drug-likeness (QED) is 0.184. The van der Waals surface area contributed by atoms with Gasteiger partial charge in [0.15, 0.2) is 0 Å². The van der Waals surface area contributed by atoms with Gasteiger partial charge in [0.05, 0.1) is 18.8 Å². The second-order valence-corrected chi connectivity index (χ2v) is 7.67. The summed E-state index contributed by atoms with van der Waals surface area (Å²) < 4.78 is 0. The number of hydrogen-bond acceptors (Lipinski definition) is 3. The molecule has 0 fully saturated rings. The Balaban J connectivity index is 3.87. The minimum absolute atomic E-state index is 0.124. The van der Waals surface area contributed by atoms with Crippen molar-refractivity contribution in [1.82, 2.24) is 5.32 Å². The lowest BCUT2D eigenvalue weighted by Gasteiger charge is -2.22. The van der Waals surface area contributed by atoms with Crippen LogP contribution in [0.1, 0.15) is 90.9 Å². The second-order valence-electron chi connectivity index (χ2n) is 7.67. The van der Waals surface area contributed by atoms with Gasteiger partial charge < -0.3 is 15.5 Å². The monoisotopic (exact) mass is 419 g/mol. The molecule has 4 nitrogen and oxygen atoms in total. The van der Waals surface area contributed by atoms with Crippen molar-refractivity contribution in [1.29, 1.82) is 0 Å². The van der Waals surface area contributed by atoms with Crippen LogP contribution >= 0.6 is 0 Å². The maximum atomic E-state index is 12.0. The van der Waals surface area contributed by atoms with Gasteiger partial charge in [-0.1, -0.05) is 94.6 Å². The van der Waals surface area contributed by atoms with Gasteiger partial charge in [-0.25, -0.2) is 0 Å². The fourth-order valence-electron chi connectivity index (χ4n) is 3.01. The van der Waals surface area contributed by atoms with Gasteiger partial charge in [-0.05, 0) is 38.5 Å². The molecule has 0 aliphatic carbocycles. The Bertz CT molecular complexity index is 508. The number of nitrogens with one attached hydrogen (secondary N) is 1. The lowest BCUT2D eigenvalue weighted by Crippen LogP contribution is -2.45. The molecule has 0 spiro atoms. The van der Waals surface area contributed by atoms with Crippen LogP contribution in [0.15, 0.2) is 48.6 Å². The van der Waals surface area contributed by atoms with Gasteiger partial charge in [-0.2, -0.15) is 0 Å². The molecule has 0 aromatic heterocycles. The van der Waals surface area contributed by atoms with Crippen LogP contribution < -0.4 is 5.32 Å². The number of aliphatic hydroxyl groups excluding tert-OH is 2. The van der Waals surface area contributed by atoms with Crippen molar-refractivity contribution < 1.29 is 15.0 Å². The number of carbonyl (C=O) groups is 1. The lowest BCUT2D eigenvalue weighted by atomic mass is 10.0. The molecule has 0 saturated carbocycles. The molecule has 30 heavy (non-hydrogen) atoms. The minimum Gasteiger partial charge on any atom is -0.394 e. The number of aliphatic hydroxyl groups is 2. The molecule has 1 amide bonds. The fourth-order valence-corrected chi connectivity index (χ4v) is 3.01. The maximum absolute atomic E-state index is 12.0. The van der Waals surface area contributed by atoms with Crippen LogP contribution in [0.2, 0.25) is 0 Å². The zero-order valence-electron chi connectivity index (χ0n) is 19.3. The number of amides is 1. The van der Waals surface area contributed by atoms with Crippen molar-refractivity contribution >= 4 is 5.91 Å². The van der Waals surface area contributed by atoms with E-state index >= 15 is 0 Å². The summed E-state index contributed by atoms with van der Waals surface area (Å²) in [6, 6.07) is -0.568. The molecular weight excluding hydrogens is 374 g/mol. The van der Waals surface area contributed by atoms with Crippen molar-refractivity contribution in [2.45, 2.75) is 103 Å². The molecule has 0 radical (unpaired) electrons. The average molecular weight is 420 g/mol. The summed E-state index contributed by atoms with van der Waals surface area (Å²) in [5.41, 5.74) is 0. The standard InChI is InChI=1S/C26H45NO3/c1-3-5-7-9-10-11-12-13-14-15-16-18-20-22-26(30)27-24(23-28)25(29)21-19-17-8-6-4-2/h5,7,10-11,13-14,16,18,24-25,28-29H,3-4,6,8-9,12,15,17,19-23H2,1-2H3,(H,27,30)/b7-5-,11-10-,14-13-,18-16-. The first-order valence-electron chi connectivity index (χ1n) is 11.8. The molecular formula is C26H45NO3. The molecule has 3 N–H and O–H groups in total. The number of unbranched alkanes of at least 4 members (excludes halogenated alkanes) is 4. The zero-order chi connectivity index (χ0) is 22.3. The van der Waals surface area contributed by atoms with Gasteiger partial charge in [-0.3, -0.25) is 4.79 Å². The smallest absolute Gasteiger partial charge is 0.220 e. The summed E-state index contributed by atoms with van der Waals surface area (Å²) in [5, 5.41) is 22.4. The number of allylic oxidation sites excluding steroid dienone is 8. The molecule has 4 heteroatoms. The molecule has 0 aliphatic rings. The van der Waals surface area contributed by atoms with Gasteiger partial charge >= 0.3 is 0 Å². The molecule has 172 valence electrons. The van der Waals surface area contributed by atoms with Crippen molar-refractivity contribution in [3.8, 4) is 0 Å². The summed E-state index contributed by atoms with van der Waals surface area (Å²) in [6.07, 6.45) is 27.5. The largest absolute Gasteiger partial charge is 0.394 e. The van der Waals surface area contributed by atoms with Crippen molar-refractivity contribution in [2.24, 2.45) is 0 Å².